The molecule has 0 bridgehead atoms. The van der Waals surface area contributed by atoms with E-state index in [1.165, 1.54) is 0 Å². The van der Waals surface area contributed by atoms with E-state index in [-0.39, 0.29) is 13.2 Å². The highest BCUT2D eigenvalue weighted by Crippen LogP contribution is 1.91. The van der Waals surface area contributed by atoms with Gasteiger partial charge in [0.2, 0.25) is 0 Å². The van der Waals surface area contributed by atoms with Crippen LogP contribution >= 0.6 is 12.6 Å². The van der Waals surface area contributed by atoms with E-state index in [9.17, 15) is 9.59 Å². The third-order valence-electron chi connectivity index (χ3n) is 1.22. The van der Waals surface area contributed by atoms with Crippen LogP contribution in [0.1, 0.15) is 19.8 Å². The molecule has 13 heavy (non-hydrogen) atoms. The van der Waals surface area contributed by atoms with Crippen LogP contribution in [-0.2, 0) is 19.1 Å². The van der Waals surface area contributed by atoms with Gasteiger partial charge in [-0.05, 0) is 6.42 Å². The smallest absolute Gasteiger partial charge is 0.417 e. The van der Waals surface area contributed by atoms with Crippen molar-refractivity contribution in [1.82, 2.24) is 0 Å². The molecular weight excluding hydrogens is 192 g/mol. The normalized spacial score (nSPS) is 9.38. The zero-order chi connectivity index (χ0) is 10.1. The van der Waals surface area contributed by atoms with Gasteiger partial charge in [0.1, 0.15) is 6.61 Å². The van der Waals surface area contributed by atoms with E-state index in [1.807, 2.05) is 6.92 Å². The van der Waals surface area contributed by atoms with Crippen molar-refractivity contribution in [2.75, 3.05) is 19.0 Å². The quantitative estimate of drug-likeness (QED) is 0.313. The minimum atomic E-state index is -0.940. The van der Waals surface area contributed by atoms with Gasteiger partial charge in [0.15, 0.2) is 0 Å². The van der Waals surface area contributed by atoms with Crippen LogP contribution in [0.3, 0.4) is 0 Å². The molecule has 0 unspecified atom stereocenters. The minimum Gasteiger partial charge on any atom is -0.457 e. The number of carbonyl (C=O) groups excluding carboxylic acids is 2. The maximum absolute atomic E-state index is 10.8. The van der Waals surface area contributed by atoms with Crippen molar-refractivity contribution in [2.24, 2.45) is 0 Å². The number of esters is 2. The topological polar surface area (TPSA) is 52.6 Å². The van der Waals surface area contributed by atoms with Crippen molar-refractivity contribution in [3.8, 4) is 0 Å². The Bertz CT molecular complexity index is 170. The average Bonchev–Trinajstić information content (AvgIpc) is 2.14. The Morgan fingerprint density at radius 3 is 2.15 bits per heavy atom. The predicted octanol–water partition coefficient (Wildman–Crippen LogP) is 0.803. The molecule has 0 aromatic carbocycles. The summed E-state index contributed by atoms with van der Waals surface area (Å²) in [5.74, 6) is -1.46. The molecule has 0 aliphatic rings. The Hall–Kier alpha value is -0.710. The van der Waals surface area contributed by atoms with E-state index in [1.54, 1.807) is 0 Å². The first kappa shape index (κ1) is 12.3. The number of hydrogen-bond acceptors (Lipinski definition) is 5. The van der Waals surface area contributed by atoms with E-state index < -0.39 is 11.9 Å². The Balaban J connectivity index is 3.51. The lowest BCUT2D eigenvalue weighted by Gasteiger charge is -2.03. The van der Waals surface area contributed by atoms with Gasteiger partial charge in [-0.2, -0.15) is 12.6 Å². The van der Waals surface area contributed by atoms with Crippen molar-refractivity contribution < 1.29 is 19.1 Å². The van der Waals surface area contributed by atoms with Gasteiger partial charge in [-0.1, -0.05) is 13.3 Å². The molecule has 0 rings (SSSR count). The van der Waals surface area contributed by atoms with Crippen LogP contribution in [0.4, 0.5) is 0 Å². The van der Waals surface area contributed by atoms with Crippen molar-refractivity contribution in [1.29, 1.82) is 0 Å². The van der Waals surface area contributed by atoms with Crippen LogP contribution in [0, 0.1) is 0 Å². The lowest BCUT2D eigenvalue weighted by molar-refractivity contribution is -0.167. The first-order valence-electron chi connectivity index (χ1n) is 4.17. The first-order chi connectivity index (χ1) is 6.22. The van der Waals surface area contributed by atoms with Gasteiger partial charge < -0.3 is 9.47 Å². The zero-order valence-electron chi connectivity index (χ0n) is 7.62. The Labute approximate surface area is 83.0 Å². The van der Waals surface area contributed by atoms with Crippen LogP contribution < -0.4 is 0 Å². The van der Waals surface area contributed by atoms with E-state index in [2.05, 4.69) is 22.1 Å². The summed E-state index contributed by atoms with van der Waals surface area (Å²) in [4.78, 5) is 21.6. The van der Waals surface area contributed by atoms with Gasteiger partial charge >= 0.3 is 11.9 Å². The van der Waals surface area contributed by atoms with Crippen LogP contribution in [0.5, 0.6) is 0 Å². The molecule has 0 heterocycles. The van der Waals surface area contributed by atoms with Crippen molar-refractivity contribution >= 4 is 24.6 Å². The van der Waals surface area contributed by atoms with Gasteiger partial charge in [0.05, 0.1) is 6.61 Å². The van der Waals surface area contributed by atoms with E-state index >= 15 is 0 Å². The van der Waals surface area contributed by atoms with Gasteiger partial charge in [-0.25, -0.2) is 9.59 Å². The van der Waals surface area contributed by atoms with Crippen molar-refractivity contribution in [3.05, 3.63) is 0 Å². The molecule has 0 spiro atoms. The fourth-order valence-electron chi connectivity index (χ4n) is 0.565. The second-order valence-electron chi connectivity index (χ2n) is 2.35. The standard InChI is InChI=1S/C8H14O4S/c1-2-3-4-11-7(9)8(10)12-5-6-13/h13H,2-6H2,1H3. The fourth-order valence-corrected chi connectivity index (χ4v) is 0.657. The largest absolute Gasteiger partial charge is 0.457 e. The highest BCUT2D eigenvalue weighted by atomic mass is 32.1. The number of ether oxygens (including phenoxy) is 2. The second kappa shape index (κ2) is 7.91. The molecule has 0 aliphatic heterocycles. The number of thiol groups is 1. The van der Waals surface area contributed by atoms with Crippen LogP contribution in [0.2, 0.25) is 0 Å². The monoisotopic (exact) mass is 206 g/mol. The van der Waals surface area contributed by atoms with Crippen molar-refractivity contribution in [2.45, 2.75) is 19.8 Å². The van der Waals surface area contributed by atoms with E-state index in [0.29, 0.717) is 5.75 Å². The highest BCUT2D eigenvalue weighted by Gasteiger charge is 2.15. The summed E-state index contributed by atoms with van der Waals surface area (Å²) in [5, 5.41) is 0. The number of carbonyl (C=O) groups is 2. The summed E-state index contributed by atoms with van der Waals surface area (Å²) >= 11 is 3.82. The lowest BCUT2D eigenvalue weighted by Crippen LogP contribution is -2.21. The second-order valence-corrected chi connectivity index (χ2v) is 2.80. The van der Waals surface area contributed by atoms with Gasteiger partial charge in [0.25, 0.3) is 0 Å². The van der Waals surface area contributed by atoms with Gasteiger partial charge in [-0.3, -0.25) is 0 Å². The summed E-state index contributed by atoms with van der Waals surface area (Å²) < 4.78 is 9.10. The summed E-state index contributed by atoms with van der Waals surface area (Å²) in [6, 6.07) is 0. The first-order valence-corrected chi connectivity index (χ1v) is 4.80. The number of hydrogen-bond donors (Lipinski definition) is 1. The highest BCUT2D eigenvalue weighted by molar-refractivity contribution is 7.80. The zero-order valence-corrected chi connectivity index (χ0v) is 8.51. The fraction of sp³-hybridized carbons (Fsp3) is 0.750. The average molecular weight is 206 g/mol. The predicted molar refractivity (Wildman–Crippen MR) is 50.7 cm³/mol. The SMILES string of the molecule is CCCCOC(=O)C(=O)OCCS. The summed E-state index contributed by atoms with van der Waals surface area (Å²) in [6.07, 6.45) is 1.67. The Morgan fingerprint density at radius 2 is 1.69 bits per heavy atom. The summed E-state index contributed by atoms with van der Waals surface area (Å²) in [6.45, 7) is 2.36. The minimum absolute atomic E-state index is 0.130. The number of unbranched alkanes of at least 4 members (excludes halogenated alkanes) is 1. The Kier molecular flexibility index (Phi) is 7.48. The lowest BCUT2D eigenvalue weighted by atomic mass is 10.4. The Morgan fingerprint density at radius 1 is 1.15 bits per heavy atom. The molecule has 0 radical (unpaired) electrons. The maximum atomic E-state index is 10.8. The molecule has 0 aromatic heterocycles. The summed E-state index contributed by atoms with van der Waals surface area (Å²) in [5.41, 5.74) is 0. The molecular formula is C8H14O4S. The third kappa shape index (κ3) is 6.45. The summed E-state index contributed by atoms with van der Waals surface area (Å²) in [7, 11) is 0. The van der Waals surface area contributed by atoms with Crippen molar-refractivity contribution in [3.63, 3.8) is 0 Å². The van der Waals surface area contributed by atoms with Crippen LogP contribution in [-0.4, -0.2) is 30.9 Å². The molecule has 0 aliphatic carbocycles. The van der Waals surface area contributed by atoms with E-state index in [4.69, 9.17) is 0 Å². The maximum Gasteiger partial charge on any atom is 0.417 e. The van der Waals surface area contributed by atoms with Gasteiger partial charge in [-0.15, -0.1) is 0 Å². The molecule has 76 valence electrons. The molecule has 0 saturated carbocycles. The van der Waals surface area contributed by atoms with Crippen LogP contribution in [0.15, 0.2) is 0 Å². The molecule has 0 fully saturated rings. The molecule has 0 aromatic rings. The third-order valence-corrected chi connectivity index (χ3v) is 1.40. The van der Waals surface area contributed by atoms with Gasteiger partial charge in [0, 0.05) is 5.75 Å². The van der Waals surface area contributed by atoms with E-state index in [0.717, 1.165) is 12.8 Å². The molecule has 0 amide bonds. The molecule has 5 heteroatoms. The molecule has 0 saturated heterocycles. The van der Waals surface area contributed by atoms with Crippen LogP contribution in [0.25, 0.3) is 0 Å². The molecule has 0 N–H and O–H groups in total. The number of rotatable bonds is 5. The molecule has 4 nitrogen and oxygen atoms in total. The molecule has 0 atom stereocenters.